The molecule has 1 aromatic heterocycles. The number of likely N-dealkylation sites (tertiary alicyclic amines) is 1. The van der Waals surface area contributed by atoms with E-state index in [1.54, 1.807) is 4.68 Å². The number of halogens is 1. The van der Waals surface area contributed by atoms with Gasteiger partial charge in [0.25, 0.3) is 5.56 Å². The Morgan fingerprint density at radius 1 is 1.07 bits per heavy atom. The topological polar surface area (TPSA) is 69.6 Å². The molecule has 2 N–H and O–H groups in total. The molecule has 29 heavy (non-hydrogen) atoms. The van der Waals surface area contributed by atoms with Crippen molar-refractivity contribution in [2.24, 2.45) is 0 Å². The van der Waals surface area contributed by atoms with Gasteiger partial charge in [0, 0.05) is 16.8 Å². The van der Waals surface area contributed by atoms with Crippen LogP contribution in [0.1, 0.15) is 42.1 Å². The van der Waals surface area contributed by atoms with E-state index in [0.29, 0.717) is 6.42 Å². The van der Waals surface area contributed by atoms with E-state index in [9.17, 15) is 4.79 Å². The molecule has 0 aliphatic carbocycles. The van der Waals surface area contributed by atoms with Crippen molar-refractivity contribution in [3.63, 3.8) is 0 Å². The van der Waals surface area contributed by atoms with Gasteiger partial charge in [0.05, 0.1) is 17.1 Å². The predicted octanol–water partition coefficient (Wildman–Crippen LogP) is 3.78. The fourth-order valence-electron chi connectivity index (χ4n) is 4.08. The lowest BCUT2D eigenvalue weighted by Gasteiger charge is -2.19. The van der Waals surface area contributed by atoms with Crippen molar-refractivity contribution >= 4 is 22.4 Å². The summed E-state index contributed by atoms with van der Waals surface area (Å²) in [6, 6.07) is 14.1. The van der Waals surface area contributed by atoms with Gasteiger partial charge >= 0.3 is 0 Å². The molecule has 0 amide bonds. The molecule has 1 saturated heterocycles. The highest BCUT2D eigenvalue weighted by Crippen LogP contribution is 2.24. The van der Waals surface area contributed by atoms with Crippen LogP contribution < -0.4 is 5.56 Å². The van der Waals surface area contributed by atoms with Gasteiger partial charge in [-0.25, -0.2) is 4.68 Å². The monoisotopic (exact) mass is 413 g/mol. The Kier molecular flexibility index (Phi) is 6.73. The molecular formula is C23H28ClN3O2. The maximum atomic E-state index is 13.3. The van der Waals surface area contributed by atoms with Crippen molar-refractivity contribution in [2.45, 2.75) is 38.6 Å². The van der Waals surface area contributed by atoms with Crippen molar-refractivity contribution in [2.75, 3.05) is 20.1 Å². The highest BCUT2D eigenvalue weighted by molar-refractivity contribution is 6.30. The lowest BCUT2D eigenvalue weighted by Crippen LogP contribution is -2.29. The molecule has 1 unspecified atom stereocenters. The average molecular weight is 414 g/mol. The zero-order chi connectivity index (χ0) is 19.7. The summed E-state index contributed by atoms with van der Waals surface area (Å²) >= 11 is 6.04. The predicted molar refractivity (Wildman–Crippen MR) is 119 cm³/mol. The highest BCUT2D eigenvalue weighted by atomic mass is 35.5. The molecule has 0 saturated carbocycles. The zero-order valence-electron chi connectivity index (χ0n) is 17.0. The minimum atomic E-state index is 0. The van der Waals surface area contributed by atoms with E-state index < -0.39 is 0 Å². The Balaban J connectivity index is 0.00000240. The lowest BCUT2D eigenvalue weighted by atomic mass is 10.0. The first-order valence-corrected chi connectivity index (χ1v) is 10.3. The van der Waals surface area contributed by atoms with Gasteiger partial charge < -0.3 is 10.4 Å². The van der Waals surface area contributed by atoms with Crippen LogP contribution in [0.3, 0.4) is 0 Å². The van der Waals surface area contributed by atoms with E-state index in [0.717, 1.165) is 65.0 Å². The van der Waals surface area contributed by atoms with Crippen molar-refractivity contribution < 1.29 is 5.48 Å². The minimum absolute atomic E-state index is 0. The average Bonchev–Trinajstić information content (AvgIpc) is 2.90. The summed E-state index contributed by atoms with van der Waals surface area (Å²) in [5, 5.41) is 7.36. The SMILES string of the molecule is Cc1ccc2c(=O)n(C3CCCN(C)CC3)nc(Cc3ccc(Cl)cc3)c2c1.O. The standard InChI is InChI=1S/C23H26ClN3O.H2O/c1-16-5-10-20-21(14-16)22(15-17-6-8-18(24)9-7-17)25-27(23(20)28)19-4-3-12-26(2)13-11-19;/h5-10,14,19H,3-4,11-13,15H2,1-2H3;1H2. The van der Waals surface area contributed by atoms with Gasteiger partial charge in [-0.05, 0) is 76.2 Å². The molecule has 3 aromatic rings. The largest absolute Gasteiger partial charge is 0.412 e. The van der Waals surface area contributed by atoms with Gasteiger partial charge in [0.1, 0.15) is 0 Å². The normalized spacial score (nSPS) is 17.7. The van der Waals surface area contributed by atoms with Gasteiger partial charge in [0.2, 0.25) is 0 Å². The molecule has 0 spiro atoms. The van der Waals surface area contributed by atoms with E-state index in [1.165, 1.54) is 0 Å². The van der Waals surface area contributed by atoms with E-state index >= 15 is 0 Å². The van der Waals surface area contributed by atoms with Gasteiger partial charge in [0.15, 0.2) is 0 Å². The third-order valence-electron chi connectivity index (χ3n) is 5.70. The summed E-state index contributed by atoms with van der Waals surface area (Å²) in [5.41, 5.74) is 3.27. The van der Waals surface area contributed by atoms with E-state index in [4.69, 9.17) is 16.7 Å². The number of aromatic nitrogens is 2. The lowest BCUT2D eigenvalue weighted by molar-refractivity contribution is 0.334. The summed E-state index contributed by atoms with van der Waals surface area (Å²) in [6.45, 7) is 4.13. The molecule has 5 nitrogen and oxygen atoms in total. The number of nitrogens with zero attached hydrogens (tertiary/aromatic N) is 3. The van der Waals surface area contributed by atoms with Gasteiger partial charge in [-0.3, -0.25) is 4.79 Å². The maximum Gasteiger partial charge on any atom is 0.274 e. The van der Waals surface area contributed by atoms with Crippen LogP contribution in [0, 0.1) is 6.92 Å². The number of hydrogen-bond donors (Lipinski definition) is 0. The van der Waals surface area contributed by atoms with E-state index in [-0.39, 0.29) is 17.1 Å². The molecule has 1 aliphatic rings. The molecule has 4 rings (SSSR count). The molecule has 0 bridgehead atoms. The summed E-state index contributed by atoms with van der Waals surface area (Å²) in [6.07, 6.45) is 3.73. The summed E-state index contributed by atoms with van der Waals surface area (Å²) in [7, 11) is 2.15. The van der Waals surface area contributed by atoms with Crippen LogP contribution in [0.25, 0.3) is 10.8 Å². The van der Waals surface area contributed by atoms with Crippen LogP contribution in [0.15, 0.2) is 47.3 Å². The second kappa shape index (κ2) is 9.08. The quantitative estimate of drug-likeness (QED) is 0.656. The molecule has 1 fully saturated rings. The molecule has 154 valence electrons. The molecule has 1 atom stereocenters. The summed E-state index contributed by atoms with van der Waals surface area (Å²) in [4.78, 5) is 15.6. The Hall–Kier alpha value is -2.21. The van der Waals surface area contributed by atoms with Crippen LogP contribution in [0.5, 0.6) is 0 Å². The molecule has 1 aliphatic heterocycles. The van der Waals surface area contributed by atoms with Crippen molar-refractivity contribution in [3.05, 3.63) is 74.7 Å². The molecule has 0 radical (unpaired) electrons. The molecule has 6 heteroatoms. The molecular weight excluding hydrogens is 386 g/mol. The Labute approximate surface area is 176 Å². The Bertz CT molecular complexity index is 1050. The van der Waals surface area contributed by atoms with Gasteiger partial charge in [-0.15, -0.1) is 0 Å². The zero-order valence-corrected chi connectivity index (χ0v) is 17.7. The first kappa shape index (κ1) is 21.5. The van der Waals surface area contributed by atoms with Crippen molar-refractivity contribution in [3.8, 4) is 0 Å². The molecule has 2 aromatic carbocycles. The number of rotatable bonds is 3. The van der Waals surface area contributed by atoms with Crippen LogP contribution in [-0.4, -0.2) is 40.3 Å². The second-order valence-electron chi connectivity index (χ2n) is 7.94. The van der Waals surface area contributed by atoms with E-state index in [1.807, 2.05) is 36.4 Å². The number of benzene rings is 2. The first-order chi connectivity index (χ1) is 13.5. The summed E-state index contributed by atoms with van der Waals surface area (Å²) in [5.74, 6) is 0. The molecule has 2 heterocycles. The number of fused-ring (bicyclic) bond motifs is 1. The van der Waals surface area contributed by atoms with Crippen molar-refractivity contribution in [1.29, 1.82) is 0 Å². The fraction of sp³-hybridized carbons (Fsp3) is 0.391. The van der Waals surface area contributed by atoms with Crippen molar-refractivity contribution in [1.82, 2.24) is 14.7 Å². The second-order valence-corrected chi connectivity index (χ2v) is 8.37. The smallest absolute Gasteiger partial charge is 0.274 e. The van der Waals surface area contributed by atoms with Crippen LogP contribution in [0.2, 0.25) is 5.02 Å². The number of hydrogen-bond acceptors (Lipinski definition) is 3. The Morgan fingerprint density at radius 2 is 1.83 bits per heavy atom. The van der Waals surface area contributed by atoms with E-state index in [2.05, 4.69) is 24.9 Å². The fourth-order valence-corrected chi connectivity index (χ4v) is 4.20. The summed E-state index contributed by atoms with van der Waals surface area (Å²) < 4.78 is 1.77. The number of aryl methyl sites for hydroxylation is 1. The highest BCUT2D eigenvalue weighted by Gasteiger charge is 2.21. The van der Waals surface area contributed by atoms with Crippen LogP contribution in [-0.2, 0) is 6.42 Å². The van der Waals surface area contributed by atoms with Crippen LogP contribution >= 0.6 is 11.6 Å². The third-order valence-corrected chi connectivity index (χ3v) is 5.96. The first-order valence-electron chi connectivity index (χ1n) is 9.96. The minimum Gasteiger partial charge on any atom is -0.412 e. The van der Waals surface area contributed by atoms with Gasteiger partial charge in [-0.1, -0.05) is 35.4 Å². The Morgan fingerprint density at radius 3 is 2.59 bits per heavy atom. The maximum absolute atomic E-state index is 13.3. The van der Waals surface area contributed by atoms with Gasteiger partial charge in [-0.2, -0.15) is 5.10 Å². The third kappa shape index (κ3) is 4.69. The van der Waals surface area contributed by atoms with Crippen LogP contribution in [0.4, 0.5) is 0 Å².